The Morgan fingerprint density at radius 2 is 1.90 bits per heavy atom. The molecule has 20 heavy (non-hydrogen) atoms. The Bertz CT molecular complexity index is 661. The van der Waals surface area contributed by atoms with Crippen LogP contribution in [0.5, 0.6) is 0 Å². The predicted octanol–water partition coefficient (Wildman–Crippen LogP) is 4.34. The Morgan fingerprint density at radius 3 is 2.50 bits per heavy atom. The van der Waals surface area contributed by atoms with E-state index in [-0.39, 0.29) is 5.91 Å². The quantitative estimate of drug-likeness (QED) is 0.880. The minimum Gasteiger partial charge on any atom is -0.372 e. The van der Waals surface area contributed by atoms with Crippen LogP contribution < -0.4 is 10.6 Å². The molecule has 0 aliphatic rings. The maximum atomic E-state index is 12.1. The van der Waals surface area contributed by atoms with E-state index >= 15 is 0 Å². The molecule has 0 fully saturated rings. The van der Waals surface area contributed by atoms with Gasteiger partial charge in [0.1, 0.15) is 5.82 Å². The molecule has 0 aliphatic heterocycles. The van der Waals surface area contributed by atoms with Crippen molar-refractivity contribution in [1.82, 2.24) is 4.98 Å². The van der Waals surface area contributed by atoms with Crippen LogP contribution in [0.4, 0.5) is 11.5 Å². The lowest BCUT2D eigenvalue weighted by atomic mass is 10.2. The number of amides is 1. The highest BCUT2D eigenvalue weighted by molar-refractivity contribution is 6.37. The normalized spacial score (nSPS) is 10.2. The summed E-state index contributed by atoms with van der Waals surface area (Å²) in [6.45, 7) is 0. The maximum Gasteiger partial charge on any atom is 0.257 e. The van der Waals surface area contributed by atoms with Gasteiger partial charge in [-0.1, -0.05) is 34.8 Å². The summed E-state index contributed by atoms with van der Waals surface area (Å²) in [5, 5.41) is 6.70. The molecular formula is C13H10Cl3N3O. The third kappa shape index (κ3) is 3.33. The smallest absolute Gasteiger partial charge is 0.257 e. The average Bonchev–Trinajstić information content (AvgIpc) is 2.41. The van der Waals surface area contributed by atoms with Gasteiger partial charge in [0.2, 0.25) is 0 Å². The molecule has 2 aromatic rings. The van der Waals surface area contributed by atoms with Crippen LogP contribution in [0.3, 0.4) is 0 Å². The number of carbonyl (C=O) groups is 1. The molecule has 2 rings (SSSR count). The molecule has 0 atom stereocenters. The molecule has 1 amide bonds. The Balaban J connectivity index is 2.21. The van der Waals surface area contributed by atoms with Crippen LogP contribution >= 0.6 is 34.8 Å². The van der Waals surface area contributed by atoms with Crippen molar-refractivity contribution < 1.29 is 4.79 Å². The van der Waals surface area contributed by atoms with Gasteiger partial charge in [0.15, 0.2) is 0 Å². The summed E-state index contributed by atoms with van der Waals surface area (Å²) in [6.07, 6.45) is 1.43. The largest absolute Gasteiger partial charge is 0.372 e. The van der Waals surface area contributed by atoms with E-state index in [1.807, 2.05) is 0 Å². The molecule has 0 bridgehead atoms. The molecule has 1 aromatic carbocycles. The van der Waals surface area contributed by atoms with Gasteiger partial charge in [-0.25, -0.2) is 4.98 Å². The van der Waals surface area contributed by atoms with E-state index in [1.54, 1.807) is 25.2 Å². The fourth-order valence-electron chi connectivity index (χ4n) is 1.53. The Hall–Kier alpha value is -1.49. The van der Waals surface area contributed by atoms with Gasteiger partial charge in [-0.15, -0.1) is 0 Å². The van der Waals surface area contributed by atoms with Gasteiger partial charge in [0.05, 0.1) is 21.3 Å². The van der Waals surface area contributed by atoms with Crippen molar-refractivity contribution in [3.63, 3.8) is 0 Å². The summed E-state index contributed by atoms with van der Waals surface area (Å²) >= 11 is 17.8. The molecule has 4 nitrogen and oxygen atoms in total. The van der Waals surface area contributed by atoms with Gasteiger partial charge in [0.25, 0.3) is 5.91 Å². The van der Waals surface area contributed by atoms with Crippen molar-refractivity contribution in [1.29, 1.82) is 0 Å². The van der Waals surface area contributed by atoms with E-state index in [2.05, 4.69) is 15.6 Å². The third-order valence-electron chi connectivity index (χ3n) is 2.52. The van der Waals surface area contributed by atoms with Crippen molar-refractivity contribution in [2.45, 2.75) is 0 Å². The highest BCUT2D eigenvalue weighted by atomic mass is 35.5. The molecule has 0 saturated heterocycles. The van der Waals surface area contributed by atoms with Crippen LogP contribution in [0.1, 0.15) is 10.4 Å². The minimum atomic E-state index is -0.355. The van der Waals surface area contributed by atoms with E-state index in [1.165, 1.54) is 12.3 Å². The number of carbonyl (C=O) groups excluding carboxylic acids is 1. The molecule has 1 aromatic heterocycles. The molecule has 2 N–H and O–H groups in total. The van der Waals surface area contributed by atoms with Crippen molar-refractivity contribution >= 4 is 52.2 Å². The van der Waals surface area contributed by atoms with Gasteiger partial charge >= 0.3 is 0 Å². The number of pyridine rings is 1. The first-order chi connectivity index (χ1) is 9.51. The molecule has 104 valence electrons. The number of hydrogen-bond donors (Lipinski definition) is 2. The van der Waals surface area contributed by atoms with Crippen LogP contribution in [0.25, 0.3) is 0 Å². The second-order valence-electron chi connectivity index (χ2n) is 3.88. The maximum absolute atomic E-state index is 12.1. The monoisotopic (exact) mass is 329 g/mol. The average molecular weight is 331 g/mol. The van der Waals surface area contributed by atoms with Crippen LogP contribution in [-0.4, -0.2) is 17.9 Å². The standard InChI is InChI=1S/C13H10Cl3N3O/c1-17-12-10(16)4-7(6-18-12)13(20)19-11-3-2-8(14)5-9(11)15/h2-6H,1H3,(H,17,18)(H,19,20). The van der Waals surface area contributed by atoms with Gasteiger partial charge in [-0.2, -0.15) is 0 Å². The number of nitrogens with one attached hydrogen (secondary N) is 2. The van der Waals surface area contributed by atoms with E-state index in [4.69, 9.17) is 34.8 Å². The molecule has 0 unspecified atom stereocenters. The number of hydrogen-bond acceptors (Lipinski definition) is 3. The predicted molar refractivity (Wildman–Crippen MR) is 83.2 cm³/mol. The first-order valence-corrected chi connectivity index (χ1v) is 6.74. The fraction of sp³-hybridized carbons (Fsp3) is 0.0769. The van der Waals surface area contributed by atoms with Crippen LogP contribution in [0.2, 0.25) is 15.1 Å². The highest BCUT2D eigenvalue weighted by Crippen LogP contribution is 2.26. The topological polar surface area (TPSA) is 54.0 Å². The second kappa shape index (κ2) is 6.31. The van der Waals surface area contributed by atoms with Crippen molar-refractivity contribution in [3.8, 4) is 0 Å². The Kier molecular flexibility index (Phi) is 4.70. The van der Waals surface area contributed by atoms with Crippen LogP contribution in [0, 0.1) is 0 Å². The fourth-order valence-corrected chi connectivity index (χ4v) is 2.25. The highest BCUT2D eigenvalue weighted by Gasteiger charge is 2.11. The summed E-state index contributed by atoms with van der Waals surface area (Å²) in [6, 6.07) is 6.34. The van der Waals surface area contributed by atoms with E-state index in [0.717, 1.165) is 0 Å². The molecule has 0 spiro atoms. The number of anilines is 2. The first kappa shape index (κ1) is 14.9. The van der Waals surface area contributed by atoms with Crippen molar-refractivity contribution in [3.05, 3.63) is 51.1 Å². The summed E-state index contributed by atoms with van der Waals surface area (Å²) in [5.74, 6) is 0.152. The number of benzene rings is 1. The van der Waals surface area contributed by atoms with Gasteiger partial charge in [0, 0.05) is 18.3 Å². The van der Waals surface area contributed by atoms with E-state index < -0.39 is 0 Å². The summed E-state index contributed by atoms with van der Waals surface area (Å²) in [7, 11) is 1.70. The molecule has 0 radical (unpaired) electrons. The number of rotatable bonds is 3. The molecular weight excluding hydrogens is 321 g/mol. The van der Waals surface area contributed by atoms with Gasteiger partial charge in [-0.3, -0.25) is 4.79 Å². The van der Waals surface area contributed by atoms with Gasteiger partial charge < -0.3 is 10.6 Å². The lowest BCUT2D eigenvalue weighted by molar-refractivity contribution is 0.102. The zero-order valence-corrected chi connectivity index (χ0v) is 12.6. The zero-order valence-electron chi connectivity index (χ0n) is 10.4. The summed E-state index contributed by atoms with van der Waals surface area (Å²) in [5.41, 5.74) is 0.801. The van der Waals surface area contributed by atoms with Crippen molar-refractivity contribution in [2.75, 3.05) is 17.7 Å². The van der Waals surface area contributed by atoms with Crippen molar-refractivity contribution in [2.24, 2.45) is 0 Å². The second-order valence-corrected chi connectivity index (χ2v) is 5.13. The summed E-state index contributed by atoms with van der Waals surface area (Å²) in [4.78, 5) is 16.1. The number of nitrogens with zero attached hydrogens (tertiary/aromatic N) is 1. The van der Waals surface area contributed by atoms with Crippen LogP contribution in [-0.2, 0) is 0 Å². The third-order valence-corrected chi connectivity index (χ3v) is 3.36. The number of aromatic nitrogens is 1. The minimum absolute atomic E-state index is 0.333. The lowest BCUT2D eigenvalue weighted by Crippen LogP contribution is -2.13. The molecule has 1 heterocycles. The zero-order chi connectivity index (χ0) is 14.7. The molecule has 7 heteroatoms. The molecule has 0 aliphatic carbocycles. The van der Waals surface area contributed by atoms with E-state index in [9.17, 15) is 4.79 Å². The Labute approximate surface area is 131 Å². The molecule has 0 saturated carbocycles. The van der Waals surface area contributed by atoms with E-state index in [0.29, 0.717) is 32.1 Å². The lowest BCUT2D eigenvalue weighted by Gasteiger charge is -2.08. The van der Waals surface area contributed by atoms with Crippen LogP contribution in [0.15, 0.2) is 30.5 Å². The first-order valence-electron chi connectivity index (χ1n) is 5.61. The van der Waals surface area contributed by atoms with Gasteiger partial charge in [-0.05, 0) is 24.3 Å². The Morgan fingerprint density at radius 1 is 1.15 bits per heavy atom. The summed E-state index contributed by atoms with van der Waals surface area (Å²) < 4.78 is 0. The number of halogens is 3. The SMILES string of the molecule is CNc1ncc(C(=O)Nc2ccc(Cl)cc2Cl)cc1Cl.